The molecule has 1 heterocycles. The third-order valence-corrected chi connectivity index (χ3v) is 3.32. The fourth-order valence-corrected chi connectivity index (χ4v) is 2.21. The number of ether oxygens (including phenoxy) is 1. The molecular weight excluding hydrogens is 347 g/mol. The second-order valence-electron chi connectivity index (χ2n) is 5.16. The van der Waals surface area contributed by atoms with Gasteiger partial charge in [0.2, 0.25) is 0 Å². The molecule has 0 aliphatic rings. The summed E-state index contributed by atoms with van der Waals surface area (Å²) in [4.78, 5) is 20.1. The highest BCUT2D eigenvalue weighted by Gasteiger charge is 2.34. The number of amides is 1. The molecule has 0 saturated carbocycles. The summed E-state index contributed by atoms with van der Waals surface area (Å²) in [5.74, 6) is -0.538. The number of carbonyl (C=O) groups is 1. The molecular formula is C18H12F3N3O2. The summed E-state index contributed by atoms with van der Waals surface area (Å²) in [6, 6.07) is 12.5. The highest BCUT2D eigenvalue weighted by Crippen LogP contribution is 2.32. The van der Waals surface area contributed by atoms with E-state index in [1.54, 1.807) is 18.2 Å². The summed E-state index contributed by atoms with van der Waals surface area (Å²) in [7, 11) is 0. The van der Waals surface area contributed by atoms with E-state index in [9.17, 15) is 18.0 Å². The zero-order valence-electron chi connectivity index (χ0n) is 13.2. The second kappa shape index (κ2) is 7.22. The molecule has 0 aliphatic heterocycles. The average molecular weight is 359 g/mol. The standard InChI is InChI=1S/C18H12F3N3O2/c19-18(20,21)15-8-2-1-7-14(15)16(25)24-12-5-3-6-13(11-12)26-17-22-9-4-10-23-17/h1-11H,(H,24,25). The van der Waals surface area contributed by atoms with Crippen LogP contribution in [0.5, 0.6) is 11.8 Å². The number of halogens is 3. The number of hydrogen-bond acceptors (Lipinski definition) is 4. The maximum Gasteiger partial charge on any atom is 0.417 e. The summed E-state index contributed by atoms with van der Waals surface area (Å²) in [6.07, 6.45) is -1.62. The van der Waals surface area contributed by atoms with Gasteiger partial charge in [-0.25, -0.2) is 9.97 Å². The zero-order chi connectivity index (χ0) is 18.6. The number of carbonyl (C=O) groups excluding carboxylic acids is 1. The fourth-order valence-electron chi connectivity index (χ4n) is 2.21. The number of nitrogens with one attached hydrogen (secondary N) is 1. The van der Waals surface area contributed by atoms with Crippen LogP contribution in [0.15, 0.2) is 67.0 Å². The monoisotopic (exact) mass is 359 g/mol. The molecule has 26 heavy (non-hydrogen) atoms. The second-order valence-corrected chi connectivity index (χ2v) is 5.16. The highest BCUT2D eigenvalue weighted by atomic mass is 19.4. The topological polar surface area (TPSA) is 64.1 Å². The van der Waals surface area contributed by atoms with E-state index in [1.807, 2.05) is 0 Å². The quantitative estimate of drug-likeness (QED) is 0.743. The Morgan fingerprint density at radius 1 is 0.962 bits per heavy atom. The van der Waals surface area contributed by atoms with Gasteiger partial charge in [-0.1, -0.05) is 18.2 Å². The van der Waals surface area contributed by atoms with Gasteiger partial charge in [-0.15, -0.1) is 0 Å². The Morgan fingerprint density at radius 2 is 1.69 bits per heavy atom. The number of anilines is 1. The Morgan fingerprint density at radius 3 is 2.42 bits per heavy atom. The first-order valence-electron chi connectivity index (χ1n) is 7.46. The Bertz CT molecular complexity index is 915. The number of benzene rings is 2. The molecule has 0 bridgehead atoms. The first-order valence-corrected chi connectivity index (χ1v) is 7.46. The van der Waals surface area contributed by atoms with Gasteiger partial charge in [0.15, 0.2) is 0 Å². The van der Waals surface area contributed by atoms with E-state index in [0.29, 0.717) is 5.75 Å². The Balaban J connectivity index is 1.80. The molecule has 0 fully saturated rings. The number of aromatic nitrogens is 2. The van der Waals surface area contributed by atoms with Crippen LogP contribution in [0.25, 0.3) is 0 Å². The van der Waals surface area contributed by atoms with Gasteiger partial charge < -0.3 is 10.1 Å². The molecule has 0 saturated heterocycles. The lowest BCUT2D eigenvalue weighted by Crippen LogP contribution is -2.18. The minimum atomic E-state index is -4.62. The van der Waals surface area contributed by atoms with Crippen LogP contribution >= 0.6 is 0 Å². The normalized spacial score (nSPS) is 11.0. The number of alkyl halides is 3. The molecule has 0 spiro atoms. The van der Waals surface area contributed by atoms with Crippen molar-refractivity contribution in [3.63, 3.8) is 0 Å². The van der Waals surface area contributed by atoms with Crippen LogP contribution in [0.2, 0.25) is 0 Å². The summed E-state index contributed by atoms with van der Waals surface area (Å²) in [5, 5.41) is 2.44. The summed E-state index contributed by atoms with van der Waals surface area (Å²) in [5.41, 5.74) is -1.18. The molecule has 2 aromatic carbocycles. The lowest BCUT2D eigenvalue weighted by Gasteiger charge is -2.13. The average Bonchev–Trinajstić information content (AvgIpc) is 2.62. The van der Waals surface area contributed by atoms with Crippen molar-refractivity contribution >= 4 is 11.6 Å². The van der Waals surface area contributed by atoms with Crippen LogP contribution in [0, 0.1) is 0 Å². The van der Waals surface area contributed by atoms with Gasteiger partial charge in [0.25, 0.3) is 5.91 Å². The summed E-state index contributed by atoms with van der Waals surface area (Å²) < 4.78 is 44.6. The van der Waals surface area contributed by atoms with Crippen molar-refractivity contribution in [2.24, 2.45) is 0 Å². The van der Waals surface area contributed by atoms with Crippen molar-refractivity contribution in [3.05, 3.63) is 78.1 Å². The van der Waals surface area contributed by atoms with Gasteiger partial charge in [0, 0.05) is 24.1 Å². The van der Waals surface area contributed by atoms with E-state index in [1.165, 1.54) is 36.7 Å². The molecule has 1 amide bonds. The van der Waals surface area contributed by atoms with Crippen LogP contribution in [-0.2, 0) is 6.18 Å². The van der Waals surface area contributed by atoms with E-state index in [2.05, 4.69) is 15.3 Å². The number of nitrogens with zero attached hydrogens (tertiary/aromatic N) is 2. The van der Waals surface area contributed by atoms with Gasteiger partial charge in [0.05, 0.1) is 11.1 Å². The van der Waals surface area contributed by atoms with Crippen LogP contribution < -0.4 is 10.1 Å². The van der Waals surface area contributed by atoms with Gasteiger partial charge in [-0.3, -0.25) is 4.79 Å². The molecule has 8 heteroatoms. The van der Waals surface area contributed by atoms with Crippen molar-refractivity contribution in [2.75, 3.05) is 5.32 Å². The predicted octanol–water partition coefficient (Wildman–Crippen LogP) is 4.54. The molecule has 0 aliphatic carbocycles. The smallest absolute Gasteiger partial charge is 0.417 e. The van der Waals surface area contributed by atoms with Crippen molar-refractivity contribution in [1.82, 2.24) is 9.97 Å². The first kappa shape index (κ1) is 17.4. The zero-order valence-corrected chi connectivity index (χ0v) is 13.2. The molecule has 132 valence electrons. The lowest BCUT2D eigenvalue weighted by molar-refractivity contribution is -0.137. The van der Waals surface area contributed by atoms with E-state index in [-0.39, 0.29) is 11.7 Å². The third kappa shape index (κ3) is 4.15. The molecule has 3 aromatic rings. The Labute approximate surface area is 146 Å². The number of hydrogen-bond donors (Lipinski definition) is 1. The van der Waals surface area contributed by atoms with Crippen LogP contribution in [-0.4, -0.2) is 15.9 Å². The van der Waals surface area contributed by atoms with Gasteiger partial charge in [0.1, 0.15) is 5.75 Å². The van der Waals surface area contributed by atoms with Crippen molar-refractivity contribution in [1.29, 1.82) is 0 Å². The molecule has 1 N–H and O–H groups in total. The van der Waals surface area contributed by atoms with Crippen LogP contribution in [0.3, 0.4) is 0 Å². The van der Waals surface area contributed by atoms with Crippen LogP contribution in [0.1, 0.15) is 15.9 Å². The molecule has 1 aromatic heterocycles. The molecule has 0 unspecified atom stereocenters. The number of rotatable bonds is 4. The summed E-state index contributed by atoms with van der Waals surface area (Å²) >= 11 is 0. The maximum atomic E-state index is 13.0. The van der Waals surface area contributed by atoms with Crippen molar-refractivity contribution in [2.45, 2.75) is 6.18 Å². The maximum absolute atomic E-state index is 13.0. The van der Waals surface area contributed by atoms with Crippen molar-refractivity contribution < 1.29 is 22.7 Å². The predicted molar refractivity (Wildman–Crippen MR) is 87.9 cm³/mol. The van der Waals surface area contributed by atoms with E-state index >= 15 is 0 Å². The fraction of sp³-hybridized carbons (Fsp3) is 0.0556. The van der Waals surface area contributed by atoms with E-state index in [4.69, 9.17) is 4.74 Å². The SMILES string of the molecule is O=C(Nc1cccc(Oc2ncccn2)c1)c1ccccc1C(F)(F)F. The molecule has 3 rings (SSSR count). The summed E-state index contributed by atoms with van der Waals surface area (Å²) in [6.45, 7) is 0. The minimum absolute atomic E-state index is 0.110. The molecule has 0 atom stereocenters. The van der Waals surface area contributed by atoms with E-state index in [0.717, 1.165) is 12.1 Å². The lowest BCUT2D eigenvalue weighted by atomic mass is 10.1. The Hall–Kier alpha value is -3.42. The van der Waals surface area contributed by atoms with Crippen molar-refractivity contribution in [3.8, 4) is 11.8 Å². The van der Waals surface area contributed by atoms with Gasteiger partial charge in [-0.05, 0) is 30.3 Å². The van der Waals surface area contributed by atoms with Gasteiger partial charge >= 0.3 is 12.2 Å². The largest absolute Gasteiger partial charge is 0.424 e. The Kier molecular flexibility index (Phi) is 4.83. The van der Waals surface area contributed by atoms with Gasteiger partial charge in [-0.2, -0.15) is 13.2 Å². The third-order valence-electron chi connectivity index (χ3n) is 3.32. The highest BCUT2D eigenvalue weighted by molar-refractivity contribution is 6.05. The van der Waals surface area contributed by atoms with E-state index < -0.39 is 23.2 Å². The minimum Gasteiger partial charge on any atom is -0.424 e. The first-order chi connectivity index (χ1) is 12.4. The molecule has 5 nitrogen and oxygen atoms in total. The van der Waals surface area contributed by atoms with Crippen LogP contribution in [0.4, 0.5) is 18.9 Å². The molecule has 0 radical (unpaired) electrons.